The van der Waals surface area contributed by atoms with E-state index in [1.165, 1.54) is 0 Å². The van der Waals surface area contributed by atoms with Crippen LogP contribution in [0.4, 0.5) is 0 Å². The van der Waals surface area contributed by atoms with Crippen LogP contribution in [-0.2, 0) is 11.5 Å². The van der Waals surface area contributed by atoms with Crippen molar-refractivity contribution >= 4 is 29.2 Å². The number of benzene rings is 1. The standard InChI is InChI=1S/C14H19N3O2S/c1-10(2)15-13(18)8-16(3)9-17-11-6-4-5-7-12(11)19-14(17)20/h4-7,10H,8-9H2,1-3H3,(H,15,18). The number of aromatic nitrogens is 1. The van der Waals surface area contributed by atoms with Gasteiger partial charge in [0.05, 0.1) is 18.7 Å². The minimum absolute atomic E-state index is 0.00168. The first-order valence-electron chi connectivity index (χ1n) is 6.53. The highest BCUT2D eigenvalue weighted by atomic mass is 32.1. The summed E-state index contributed by atoms with van der Waals surface area (Å²) in [6.45, 7) is 4.72. The normalized spacial score (nSPS) is 11.4. The van der Waals surface area contributed by atoms with Gasteiger partial charge in [0.25, 0.3) is 4.84 Å². The summed E-state index contributed by atoms with van der Waals surface area (Å²) in [4.78, 5) is 14.0. The molecule has 6 heteroatoms. The van der Waals surface area contributed by atoms with E-state index in [1.807, 2.05) is 54.6 Å². The van der Waals surface area contributed by atoms with Crippen molar-refractivity contribution in [3.63, 3.8) is 0 Å². The molecule has 2 aromatic rings. The van der Waals surface area contributed by atoms with Crippen LogP contribution in [0.15, 0.2) is 28.7 Å². The Kier molecular flexibility index (Phi) is 4.57. The zero-order valence-corrected chi connectivity index (χ0v) is 12.7. The molecule has 0 spiro atoms. The van der Waals surface area contributed by atoms with Crippen molar-refractivity contribution in [1.82, 2.24) is 14.8 Å². The molecule has 1 heterocycles. The Morgan fingerprint density at radius 2 is 2.15 bits per heavy atom. The summed E-state index contributed by atoms with van der Waals surface area (Å²) in [5.74, 6) is 0.00168. The van der Waals surface area contributed by atoms with Gasteiger partial charge in [0.2, 0.25) is 5.91 Å². The van der Waals surface area contributed by atoms with Crippen LogP contribution in [0.5, 0.6) is 0 Å². The maximum absolute atomic E-state index is 11.7. The number of para-hydroxylation sites is 2. The maximum Gasteiger partial charge on any atom is 0.270 e. The monoisotopic (exact) mass is 293 g/mol. The van der Waals surface area contributed by atoms with Crippen molar-refractivity contribution in [2.24, 2.45) is 0 Å². The van der Waals surface area contributed by atoms with Crippen LogP contribution in [0.25, 0.3) is 11.1 Å². The van der Waals surface area contributed by atoms with E-state index >= 15 is 0 Å². The molecule has 0 saturated heterocycles. The number of oxazole rings is 1. The second-order valence-corrected chi connectivity index (χ2v) is 5.49. The second-order valence-electron chi connectivity index (χ2n) is 5.14. The number of carbonyl (C=O) groups excluding carboxylic acids is 1. The van der Waals surface area contributed by atoms with E-state index in [0.29, 0.717) is 18.1 Å². The van der Waals surface area contributed by atoms with Gasteiger partial charge in [-0.05, 0) is 45.2 Å². The van der Waals surface area contributed by atoms with Crippen molar-refractivity contribution in [2.75, 3.05) is 13.6 Å². The minimum Gasteiger partial charge on any atom is -0.429 e. The number of hydrogen-bond donors (Lipinski definition) is 1. The number of nitrogens with zero attached hydrogens (tertiary/aromatic N) is 2. The Bertz CT molecular complexity index is 660. The molecular weight excluding hydrogens is 274 g/mol. The Morgan fingerprint density at radius 1 is 1.45 bits per heavy atom. The number of amides is 1. The quantitative estimate of drug-likeness (QED) is 0.860. The van der Waals surface area contributed by atoms with Gasteiger partial charge < -0.3 is 9.73 Å². The van der Waals surface area contributed by atoms with Crippen molar-refractivity contribution in [3.05, 3.63) is 29.1 Å². The molecule has 0 aliphatic carbocycles. The summed E-state index contributed by atoms with van der Waals surface area (Å²) in [6, 6.07) is 7.83. The number of fused-ring (bicyclic) bond motifs is 1. The molecule has 0 bridgehead atoms. The van der Waals surface area contributed by atoms with Crippen molar-refractivity contribution in [1.29, 1.82) is 0 Å². The first-order chi connectivity index (χ1) is 9.47. The predicted molar refractivity (Wildman–Crippen MR) is 80.9 cm³/mol. The number of nitrogens with one attached hydrogen (secondary N) is 1. The lowest BCUT2D eigenvalue weighted by atomic mass is 10.3. The average molecular weight is 293 g/mol. The lowest BCUT2D eigenvalue weighted by Crippen LogP contribution is -2.39. The topological polar surface area (TPSA) is 50.4 Å². The Balaban J connectivity index is 2.10. The molecule has 20 heavy (non-hydrogen) atoms. The summed E-state index contributed by atoms with van der Waals surface area (Å²) in [5, 5.41) is 2.87. The molecule has 0 atom stereocenters. The van der Waals surface area contributed by atoms with Gasteiger partial charge in [0, 0.05) is 6.04 Å². The van der Waals surface area contributed by atoms with Gasteiger partial charge in [-0.1, -0.05) is 12.1 Å². The van der Waals surface area contributed by atoms with E-state index in [1.54, 1.807) is 0 Å². The van der Waals surface area contributed by atoms with Gasteiger partial charge in [-0.15, -0.1) is 0 Å². The van der Waals surface area contributed by atoms with Gasteiger partial charge in [0.1, 0.15) is 0 Å². The lowest BCUT2D eigenvalue weighted by molar-refractivity contribution is -0.122. The summed E-state index contributed by atoms with van der Waals surface area (Å²) < 4.78 is 7.40. The molecule has 1 aromatic heterocycles. The second kappa shape index (κ2) is 6.19. The van der Waals surface area contributed by atoms with E-state index in [9.17, 15) is 4.79 Å². The SMILES string of the molecule is CC(C)NC(=O)CN(C)Cn1c(=S)oc2ccccc21. The Hall–Kier alpha value is -1.66. The lowest BCUT2D eigenvalue weighted by Gasteiger charge is -2.18. The Labute approximate surface area is 123 Å². The maximum atomic E-state index is 11.7. The third kappa shape index (κ3) is 3.46. The first-order valence-corrected chi connectivity index (χ1v) is 6.94. The van der Waals surface area contributed by atoms with E-state index < -0.39 is 0 Å². The molecule has 0 unspecified atom stereocenters. The molecule has 2 rings (SSSR count). The fourth-order valence-electron chi connectivity index (χ4n) is 2.05. The zero-order valence-electron chi connectivity index (χ0n) is 11.9. The third-order valence-electron chi connectivity index (χ3n) is 2.82. The fraction of sp³-hybridized carbons (Fsp3) is 0.429. The van der Waals surface area contributed by atoms with Crippen molar-refractivity contribution in [3.8, 4) is 0 Å². The minimum atomic E-state index is 0.00168. The molecule has 108 valence electrons. The Morgan fingerprint density at radius 3 is 2.85 bits per heavy atom. The smallest absolute Gasteiger partial charge is 0.270 e. The third-order valence-corrected chi connectivity index (χ3v) is 3.12. The zero-order chi connectivity index (χ0) is 14.7. The van der Waals surface area contributed by atoms with Crippen LogP contribution in [0.1, 0.15) is 13.8 Å². The molecule has 0 fully saturated rings. The molecule has 0 radical (unpaired) electrons. The van der Waals surface area contributed by atoms with Crippen LogP contribution in [0.2, 0.25) is 0 Å². The number of likely N-dealkylation sites (N-methyl/N-ethyl adjacent to an activating group) is 1. The van der Waals surface area contributed by atoms with Crippen molar-refractivity contribution in [2.45, 2.75) is 26.6 Å². The summed E-state index contributed by atoms with van der Waals surface area (Å²) in [5.41, 5.74) is 1.70. The molecule has 0 aliphatic heterocycles. The molecular formula is C14H19N3O2S. The molecule has 0 aliphatic rings. The van der Waals surface area contributed by atoms with Gasteiger partial charge in [-0.2, -0.15) is 0 Å². The molecule has 0 saturated carbocycles. The van der Waals surface area contributed by atoms with Crippen LogP contribution in [0, 0.1) is 4.84 Å². The van der Waals surface area contributed by atoms with E-state index in [0.717, 1.165) is 11.1 Å². The summed E-state index contributed by atoms with van der Waals surface area (Å²) >= 11 is 5.22. The highest BCUT2D eigenvalue weighted by Crippen LogP contribution is 2.17. The van der Waals surface area contributed by atoms with Gasteiger partial charge in [-0.25, -0.2) is 0 Å². The molecule has 1 N–H and O–H groups in total. The number of rotatable bonds is 5. The van der Waals surface area contributed by atoms with E-state index in [-0.39, 0.29) is 11.9 Å². The van der Waals surface area contributed by atoms with E-state index in [2.05, 4.69) is 5.32 Å². The number of hydrogen-bond acceptors (Lipinski definition) is 4. The summed E-state index contributed by atoms with van der Waals surface area (Å²) in [7, 11) is 1.88. The molecule has 1 aromatic carbocycles. The fourth-order valence-corrected chi connectivity index (χ4v) is 2.30. The number of carbonyl (C=O) groups is 1. The summed E-state index contributed by atoms with van der Waals surface area (Å²) in [6.07, 6.45) is 0. The largest absolute Gasteiger partial charge is 0.429 e. The van der Waals surface area contributed by atoms with Crippen LogP contribution < -0.4 is 5.32 Å². The highest BCUT2D eigenvalue weighted by Gasteiger charge is 2.11. The van der Waals surface area contributed by atoms with Crippen molar-refractivity contribution < 1.29 is 9.21 Å². The highest BCUT2D eigenvalue weighted by molar-refractivity contribution is 7.71. The average Bonchev–Trinajstić information content (AvgIpc) is 2.65. The van der Waals surface area contributed by atoms with Crippen LogP contribution in [0.3, 0.4) is 0 Å². The molecule has 5 nitrogen and oxygen atoms in total. The van der Waals surface area contributed by atoms with Gasteiger partial charge in [0.15, 0.2) is 5.58 Å². The predicted octanol–water partition coefficient (Wildman–Crippen LogP) is 2.38. The first kappa shape index (κ1) is 14.7. The van der Waals surface area contributed by atoms with E-state index in [4.69, 9.17) is 16.6 Å². The molecule has 1 amide bonds. The van der Waals surface area contributed by atoms with Gasteiger partial charge in [-0.3, -0.25) is 14.3 Å². The van der Waals surface area contributed by atoms with Crippen LogP contribution >= 0.6 is 12.2 Å². The van der Waals surface area contributed by atoms with Gasteiger partial charge >= 0.3 is 0 Å². The van der Waals surface area contributed by atoms with Crippen LogP contribution in [-0.4, -0.2) is 35.0 Å².